The average Bonchev–Trinajstić information content (AvgIpc) is 2.61. The van der Waals surface area contributed by atoms with Crippen LogP contribution in [0, 0.1) is 13.0 Å². The molecule has 0 spiro atoms. The van der Waals surface area contributed by atoms with E-state index < -0.39 is 6.10 Å². The second-order valence-electron chi connectivity index (χ2n) is 6.26. The first kappa shape index (κ1) is 21.0. The summed E-state index contributed by atoms with van der Waals surface area (Å²) < 4.78 is 0. The molecule has 0 saturated heterocycles. The Balaban J connectivity index is 0.000000285. The third kappa shape index (κ3) is 4.69. The zero-order valence-electron chi connectivity index (χ0n) is 15.4. The Labute approximate surface area is 171 Å². The summed E-state index contributed by atoms with van der Waals surface area (Å²) in [5.41, 5.74) is 2.83. The number of aryl methyl sites for hydroxylation is 1. The summed E-state index contributed by atoms with van der Waals surface area (Å²) in [7, 11) is 0. The van der Waals surface area contributed by atoms with Crippen molar-refractivity contribution in [2.45, 2.75) is 26.9 Å². The van der Waals surface area contributed by atoms with E-state index >= 15 is 0 Å². The number of hydrogen-bond donors (Lipinski definition) is 2. The van der Waals surface area contributed by atoms with Crippen LogP contribution >= 0.6 is 0 Å². The van der Waals surface area contributed by atoms with Crippen molar-refractivity contribution in [2.24, 2.45) is 0 Å². The Hall–Kier alpha value is -2.33. The minimum atomic E-state index is -0.537. The Morgan fingerprint density at radius 1 is 1.07 bits per heavy atom. The second-order valence-corrected chi connectivity index (χ2v) is 6.26. The van der Waals surface area contributed by atoms with Gasteiger partial charge in [-0.1, -0.05) is 35.0 Å². The van der Waals surface area contributed by atoms with Crippen LogP contribution in [-0.4, -0.2) is 26.3 Å². The largest absolute Gasteiger partial charge is 0.513 e. The summed E-state index contributed by atoms with van der Waals surface area (Å²) in [6.45, 7) is 5.08. The molecule has 4 nitrogen and oxygen atoms in total. The Morgan fingerprint density at radius 2 is 1.74 bits per heavy atom. The molecule has 1 atom stereocenters. The van der Waals surface area contributed by atoms with E-state index in [-0.39, 0.29) is 25.9 Å². The molecule has 0 aliphatic carbocycles. The predicted molar refractivity (Wildman–Crippen MR) is 106 cm³/mol. The topological polar surface area (TPSA) is 66.2 Å². The standard InChI is InChI=1S/C17H11N2.C5H10O2.Ir/c1-11-10-18-16-14-8-4-2-6-12(14)13-7-3-5-9-15(13)17(16)19-11;1-4(6)3-5(2)7;/h2-7,9-10H,1H3;3-4,6-7H,1-2H3;/q-1;;. The van der Waals surface area contributed by atoms with E-state index in [9.17, 15) is 0 Å². The van der Waals surface area contributed by atoms with E-state index in [4.69, 9.17) is 10.2 Å². The number of fused-ring (bicyclic) bond motifs is 6. The van der Waals surface area contributed by atoms with Gasteiger partial charge >= 0.3 is 0 Å². The van der Waals surface area contributed by atoms with Crippen LogP contribution in [0.5, 0.6) is 0 Å². The van der Waals surface area contributed by atoms with Crippen LogP contribution in [0.1, 0.15) is 19.5 Å². The summed E-state index contributed by atoms with van der Waals surface area (Å²) in [6.07, 6.45) is 2.64. The van der Waals surface area contributed by atoms with Crippen LogP contribution < -0.4 is 0 Å². The first-order valence-electron chi connectivity index (χ1n) is 8.47. The third-order valence-corrected chi connectivity index (χ3v) is 3.94. The summed E-state index contributed by atoms with van der Waals surface area (Å²) >= 11 is 0. The number of aliphatic hydroxyl groups is 2. The van der Waals surface area contributed by atoms with Gasteiger partial charge in [0.05, 0.1) is 23.1 Å². The van der Waals surface area contributed by atoms with Crippen LogP contribution in [-0.2, 0) is 20.1 Å². The van der Waals surface area contributed by atoms with Crippen molar-refractivity contribution in [3.8, 4) is 0 Å². The maximum atomic E-state index is 8.49. The molecule has 1 aromatic heterocycles. The molecule has 1 radical (unpaired) electrons. The zero-order chi connectivity index (χ0) is 18.7. The van der Waals surface area contributed by atoms with Gasteiger partial charge in [-0.25, -0.2) is 0 Å². The molecule has 27 heavy (non-hydrogen) atoms. The Morgan fingerprint density at radius 3 is 2.37 bits per heavy atom. The summed E-state index contributed by atoms with van der Waals surface area (Å²) in [4.78, 5) is 9.24. The normalized spacial score (nSPS) is 12.4. The van der Waals surface area contributed by atoms with Gasteiger partial charge < -0.3 is 15.2 Å². The fourth-order valence-corrected chi connectivity index (χ4v) is 2.98. The van der Waals surface area contributed by atoms with E-state index in [0.29, 0.717) is 0 Å². The molecule has 0 aliphatic heterocycles. The number of benzene rings is 3. The summed E-state index contributed by atoms with van der Waals surface area (Å²) in [5.74, 6) is 0.162. The molecule has 0 saturated carbocycles. The monoisotopic (exact) mass is 538 g/mol. The van der Waals surface area contributed by atoms with Gasteiger partial charge in [0, 0.05) is 31.8 Å². The van der Waals surface area contributed by atoms with Crippen molar-refractivity contribution >= 4 is 32.6 Å². The quantitative estimate of drug-likeness (QED) is 0.207. The van der Waals surface area contributed by atoms with Gasteiger partial charge in [-0.3, -0.25) is 4.98 Å². The minimum Gasteiger partial charge on any atom is -0.513 e. The van der Waals surface area contributed by atoms with Gasteiger partial charge in [-0.15, -0.1) is 29.7 Å². The molecule has 5 heteroatoms. The molecule has 2 N–H and O–H groups in total. The molecule has 4 aromatic rings. The van der Waals surface area contributed by atoms with Crippen molar-refractivity contribution < 1.29 is 30.3 Å². The van der Waals surface area contributed by atoms with E-state index in [1.807, 2.05) is 31.3 Å². The molecule has 0 amide bonds. The fraction of sp³-hybridized carbons (Fsp3) is 0.182. The maximum Gasteiger partial charge on any atom is 0.0877 e. The van der Waals surface area contributed by atoms with Crippen LogP contribution in [0.2, 0.25) is 0 Å². The summed E-state index contributed by atoms with van der Waals surface area (Å²) in [5, 5.41) is 21.5. The average molecular weight is 538 g/mol. The van der Waals surface area contributed by atoms with E-state index in [1.165, 1.54) is 23.8 Å². The van der Waals surface area contributed by atoms with Crippen molar-refractivity contribution in [3.05, 3.63) is 72.3 Å². The van der Waals surface area contributed by atoms with E-state index in [1.54, 1.807) is 6.92 Å². The van der Waals surface area contributed by atoms with Crippen molar-refractivity contribution in [1.82, 2.24) is 9.97 Å². The molecule has 0 fully saturated rings. The maximum absolute atomic E-state index is 8.49. The van der Waals surface area contributed by atoms with Crippen LogP contribution in [0.15, 0.2) is 60.5 Å². The molecule has 3 aromatic carbocycles. The van der Waals surface area contributed by atoms with Crippen molar-refractivity contribution in [1.29, 1.82) is 0 Å². The first-order valence-corrected chi connectivity index (χ1v) is 8.47. The number of allylic oxidation sites excluding steroid dienone is 1. The smallest absolute Gasteiger partial charge is 0.0877 e. The van der Waals surface area contributed by atoms with Gasteiger partial charge in [-0.05, 0) is 32.2 Å². The first-order chi connectivity index (χ1) is 12.5. The van der Waals surface area contributed by atoms with Gasteiger partial charge in [0.1, 0.15) is 0 Å². The number of aromatic nitrogens is 2. The Kier molecular flexibility index (Phi) is 7.03. The minimum absolute atomic E-state index is 0. The summed E-state index contributed by atoms with van der Waals surface area (Å²) in [6, 6.07) is 17.7. The van der Waals surface area contributed by atoms with E-state index in [0.717, 1.165) is 27.5 Å². The number of rotatable bonds is 1. The van der Waals surface area contributed by atoms with Crippen LogP contribution in [0.25, 0.3) is 32.6 Å². The van der Waals surface area contributed by atoms with Crippen LogP contribution in [0.4, 0.5) is 0 Å². The number of hydrogen-bond acceptors (Lipinski definition) is 4. The molecule has 141 valence electrons. The second kappa shape index (κ2) is 9.05. The molecule has 4 rings (SSSR count). The van der Waals surface area contributed by atoms with Gasteiger partial charge in [-0.2, -0.15) is 0 Å². The van der Waals surface area contributed by atoms with Gasteiger partial charge in [0.15, 0.2) is 0 Å². The van der Waals surface area contributed by atoms with Crippen molar-refractivity contribution in [3.63, 3.8) is 0 Å². The van der Waals surface area contributed by atoms with Crippen molar-refractivity contribution in [2.75, 3.05) is 0 Å². The fourth-order valence-electron chi connectivity index (χ4n) is 2.98. The Bertz CT molecular complexity index is 1070. The molecule has 1 heterocycles. The molecular weight excluding hydrogens is 516 g/mol. The van der Waals surface area contributed by atoms with Gasteiger partial charge in [0.25, 0.3) is 0 Å². The number of aliphatic hydroxyl groups excluding tert-OH is 2. The molecule has 0 aliphatic rings. The third-order valence-electron chi connectivity index (χ3n) is 3.94. The molecule has 0 bridgehead atoms. The predicted octanol–water partition coefficient (Wildman–Crippen LogP) is 4.87. The van der Waals surface area contributed by atoms with Gasteiger partial charge in [0.2, 0.25) is 0 Å². The van der Waals surface area contributed by atoms with Crippen LogP contribution in [0.3, 0.4) is 0 Å². The van der Waals surface area contributed by atoms with E-state index in [2.05, 4.69) is 40.3 Å². The zero-order valence-corrected chi connectivity index (χ0v) is 17.8. The SMILES string of the molecule is CC(O)=CC(C)O.Cc1cnc2c3[c-]cccc3c3ccccc3c2n1.[Ir]. The molecule has 1 unspecified atom stereocenters. The number of nitrogens with zero attached hydrogens (tertiary/aromatic N) is 2. The molecular formula is C22H21IrN2O2-.